The van der Waals surface area contributed by atoms with Crippen molar-refractivity contribution in [3.05, 3.63) is 53.8 Å². The maximum atomic E-state index is 14.0. The number of carbonyl (C=O) groups excluding carboxylic acids is 2. The van der Waals surface area contributed by atoms with E-state index in [1.807, 2.05) is 44.2 Å². The summed E-state index contributed by atoms with van der Waals surface area (Å²) in [5, 5.41) is 2.95. The number of para-hydroxylation sites is 1. The van der Waals surface area contributed by atoms with Gasteiger partial charge in [0, 0.05) is 32.7 Å². The van der Waals surface area contributed by atoms with E-state index in [0.29, 0.717) is 30.1 Å². The van der Waals surface area contributed by atoms with Crippen LogP contribution in [0.4, 0.5) is 15.8 Å². The second kappa shape index (κ2) is 10.9. The van der Waals surface area contributed by atoms with Crippen LogP contribution in [0.3, 0.4) is 0 Å². The maximum Gasteiger partial charge on any atom is 0.268 e. The molecule has 34 heavy (non-hydrogen) atoms. The minimum Gasteiger partial charge on any atom is -0.478 e. The number of carbonyl (C=O) groups is 2. The van der Waals surface area contributed by atoms with Crippen molar-refractivity contribution in [1.82, 2.24) is 10.2 Å². The lowest BCUT2D eigenvalue weighted by molar-refractivity contribution is -0.129. The standard InChI is InChI=1S/C26H33FN4O3/c1-3-23-26(33)31(22-17-19(2)9-10-24(22)34-23)18-25(32)28-11-6-12-29-13-15-30(16-14-29)21-8-5-4-7-20(21)27/h4-5,7-10,17,23H,3,6,11-16,18H2,1-2H3,(H,28,32)/t23-/m0/s1. The highest BCUT2D eigenvalue weighted by atomic mass is 19.1. The quantitative estimate of drug-likeness (QED) is 0.604. The SMILES string of the molecule is CC[C@@H]1Oc2ccc(C)cc2N(CC(=O)NCCCN2CCN(c3ccccc3F)CC2)C1=O. The van der Waals surface area contributed by atoms with Gasteiger partial charge in [0.05, 0.1) is 11.4 Å². The first-order chi connectivity index (χ1) is 16.5. The number of hydrogen-bond acceptors (Lipinski definition) is 5. The van der Waals surface area contributed by atoms with Crippen LogP contribution in [0.2, 0.25) is 0 Å². The molecule has 4 rings (SSSR count). The molecular formula is C26H33FN4O3. The Morgan fingerprint density at radius 2 is 1.88 bits per heavy atom. The van der Waals surface area contributed by atoms with Gasteiger partial charge in [-0.1, -0.05) is 25.1 Å². The molecule has 1 atom stereocenters. The zero-order chi connectivity index (χ0) is 24.1. The normalized spacial score (nSPS) is 18.4. The molecule has 7 nitrogen and oxygen atoms in total. The lowest BCUT2D eigenvalue weighted by Gasteiger charge is -2.36. The van der Waals surface area contributed by atoms with E-state index in [2.05, 4.69) is 15.1 Å². The first-order valence-electron chi connectivity index (χ1n) is 12.0. The van der Waals surface area contributed by atoms with Gasteiger partial charge < -0.3 is 15.0 Å². The lowest BCUT2D eigenvalue weighted by Crippen LogP contribution is -2.50. The molecule has 0 aliphatic carbocycles. The first-order valence-corrected chi connectivity index (χ1v) is 12.0. The van der Waals surface area contributed by atoms with E-state index in [9.17, 15) is 14.0 Å². The van der Waals surface area contributed by atoms with Crippen LogP contribution in [0.5, 0.6) is 5.75 Å². The van der Waals surface area contributed by atoms with E-state index in [1.165, 1.54) is 11.0 Å². The summed E-state index contributed by atoms with van der Waals surface area (Å²) in [5.74, 6) is 0.102. The zero-order valence-corrected chi connectivity index (χ0v) is 19.9. The van der Waals surface area contributed by atoms with Crippen molar-refractivity contribution in [2.24, 2.45) is 0 Å². The summed E-state index contributed by atoms with van der Waals surface area (Å²) in [6.07, 6.45) is 0.801. The molecule has 0 radical (unpaired) electrons. The minimum atomic E-state index is -0.564. The van der Waals surface area contributed by atoms with Crippen molar-refractivity contribution in [1.29, 1.82) is 0 Å². The molecule has 8 heteroatoms. The molecule has 182 valence electrons. The van der Waals surface area contributed by atoms with Crippen molar-refractivity contribution in [3.8, 4) is 5.75 Å². The molecule has 0 spiro atoms. The number of nitrogens with zero attached hydrogens (tertiary/aromatic N) is 3. The monoisotopic (exact) mass is 468 g/mol. The second-order valence-electron chi connectivity index (χ2n) is 8.89. The summed E-state index contributed by atoms with van der Waals surface area (Å²) in [5.41, 5.74) is 2.32. The molecule has 1 N–H and O–H groups in total. The molecule has 2 amide bonds. The Morgan fingerprint density at radius 3 is 2.62 bits per heavy atom. The Labute approximate surface area is 200 Å². The predicted molar refractivity (Wildman–Crippen MR) is 131 cm³/mol. The average Bonchev–Trinajstić information content (AvgIpc) is 2.84. The van der Waals surface area contributed by atoms with Gasteiger partial charge in [0.2, 0.25) is 5.91 Å². The number of amides is 2. The zero-order valence-electron chi connectivity index (χ0n) is 19.9. The van der Waals surface area contributed by atoms with Crippen LogP contribution in [0.1, 0.15) is 25.3 Å². The van der Waals surface area contributed by atoms with E-state index in [4.69, 9.17) is 4.74 Å². The lowest BCUT2D eigenvalue weighted by atomic mass is 10.1. The number of ether oxygens (including phenoxy) is 1. The number of hydrogen-bond donors (Lipinski definition) is 1. The highest BCUT2D eigenvalue weighted by Crippen LogP contribution is 2.35. The van der Waals surface area contributed by atoms with Gasteiger partial charge in [-0.25, -0.2) is 4.39 Å². The van der Waals surface area contributed by atoms with Crippen LogP contribution in [-0.4, -0.2) is 68.6 Å². The molecule has 0 unspecified atom stereocenters. The number of benzene rings is 2. The van der Waals surface area contributed by atoms with Crippen LogP contribution < -0.4 is 19.9 Å². The smallest absolute Gasteiger partial charge is 0.268 e. The van der Waals surface area contributed by atoms with Gasteiger partial charge in [-0.3, -0.25) is 19.4 Å². The Balaban J connectivity index is 1.22. The Bertz CT molecular complexity index is 1020. The van der Waals surface area contributed by atoms with Crippen molar-refractivity contribution >= 4 is 23.2 Å². The third kappa shape index (κ3) is 5.50. The van der Waals surface area contributed by atoms with Gasteiger partial charge in [-0.05, 0) is 56.1 Å². The van der Waals surface area contributed by atoms with Gasteiger partial charge in [0.15, 0.2) is 6.10 Å². The number of nitrogens with one attached hydrogen (secondary N) is 1. The summed E-state index contributed by atoms with van der Waals surface area (Å²) in [7, 11) is 0. The fourth-order valence-electron chi connectivity index (χ4n) is 4.51. The molecule has 2 aliphatic rings. The van der Waals surface area contributed by atoms with E-state index < -0.39 is 6.10 Å². The van der Waals surface area contributed by atoms with Crippen molar-refractivity contribution in [3.63, 3.8) is 0 Å². The number of rotatable bonds is 8. The van der Waals surface area contributed by atoms with Crippen LogP contribution in [0.25, 0.3) is 0 Å². The molecule has 0 bridgehead atoms. The van der Waals surface area contributed by atoms with Crippen molar-refractivity contribution in [2.45, 2.75) is 32.8 Å². The first kappa shape index (κ1) is 24.0. The molecule has 2 heterocycles. The highest BCUT2D eigenvalue weighted by molar-refractivity contribution is 6.03. The molecular weight excluding hydrogens is 435 g/mol. The summed E-state index contributed by atoms with van der Waals surface area (Å²) >= 11 is 0. The number of piperazine rings is 1. The van der Waals surface area contributed by atoms with Crippen molar-refractivity contribution < 1.29 is 18.7 Å². The minimum absolute atomic E-state index is 0.0174. The van der Waals surface area contributed by atoms with E-state index in [-0.39, 0.29) is 24.2 Å². The largest absolute Gasteiger partial charge is 0.478 e. The van der Waals surface area contributed by atoms with E-state index in [0.717, 1.165) is 44.7 Å². The van der Waals surface area contributed by atoms with Crippen LogP contribution in [0.15, 0.2) is 42.5 Å². The summed E-state index contributed by atoms with van der Waals surface area (Å²) < 4.78 is 19.8. The van der Waals surface area contributed by atoms with Crippen molar-refractivity contribution in [2.75, 3.05) is 55.6 Å². The third-order valence-corrected chi connectivity index (χ3v) is 6.43. The summed E-state index contributed by atoms with van der Waals surface area (Å²) in [6, 6.07) is 12.6. The van der Waals surface area contributed by atoms with Gasteiger partial charge in [-0.15, -0.1) is 0 Å². The summed E-state index contributed by atoms with van der Waals surface area (Å²) in [4.78, 5) is 31.4. The van der Waals surface area contributed by atoms with Gasteiger partial charge in [-0.2, -0.15) is 0 Å². The van der Waals surface area contributed by atoms with E-state index in [1.54, 1.807) is 6.07 Å². The average molecular weight is 469 g/mol. The molecule has 0 saturated carbocycles. The Morgan fingerprint density at radius 1 is 1.12 bits per heavy atom. The van der Waals surface area contributed by atoms with Gasteiger partial charge in [0.1, 0.15) is 18.1 Å². The summed E-state index contributed by atoms with van der Waals surface area (Å²) in [6.45, 7) is 8.52. The Kier molecular flexibility index (Phi) is 7.67. The fourth-order valence-corrected chi connectivity index (χ4v) is 4.51. The molecule has 0 aromatic heterocycles. The number of fused-ring (bicyclic) bond motifs is 1. The third-order valence-electron chi connectivity index (χ3n) is 6.43. The Hall–Kier alpha value is -3.13. The molecule has 1 fully saturated rings. The molecule has 2 aromatic carbocycles. The number of aryl methyl sites for hydroxylation is 1. The fraction of sp³-hybridized carbons (Fsp3) is 0.462. The predicted octanol–water partition coefficient (Wildman–Crippen LogP) is 2.97. The highest BCUT2D eigenvalue weighted by Gasteiger charge is 2.34. The molecule has 2 aliphatic heterocycles. The number of halogens is 1. The van der Waals surface area contributed by atoms with Crippen LogP contribution in [-0.2, 0) is 9.59 Å². The van der Waals surface area contributed by atoms with E-state index >= 15 is 0 Å². The molecule has 1 saturated heterocycles. The topological polar surface area (TPSA) is 65.1 Å². The van der Waals surface area contributed by atoms with Crippen LogP contribution in [0, 0.1) is 12.7 Å². The molecule has 2 aromatic rings. The van der Waals surface area contributed by atoms with Crippen LogP contribution >= 0.6 is 0 Å². The number of anilines is 2. The van der Waals surface area contributed by atoms with Gasteiger partial charge >= 0.3 is 0 Å². The second-order valence-corrected chi connectivity index (χ2v) is 8.89. The van der Waals surface area contributed by atoms with Gasteiger partial charge in [0.25, 0.3) is 5.91 Å². The maximum absolute atomic E-state index is 14.0.